The highest BCUT2D eigenvalue weighted by Gasteiger charge is 2.33. The van der Waals surface area contributed by atoms with Gasteiger partial charge in [0.15, 0.2) is 0 Å². The van der Waals surface area contributed by atoms with Crippen molar-refractivity contribution in [2.24, 2.45) is 5.92 Å². The van der Waals surface area contributed by atoms with Crippen LogP contribution >= 0.6 is 0 Å². The molecular weight excluding hydrogens is 184 g/mol. The second-order valence-corrected chi connectivity index (χ2v) is 5.69. The maximum atomic E-state index is 3.93. The van der Waals surface area contributed by atoms with Gasteiger partial charge in [-0.15, -0.1) is 0 Å². The molecule has 2 rings (SSSR count). The molecule has 0 aromatic heterocycles. The Kier molecular flexibility index (Phi) is 3.68. The van der Waals surface area contributed by atoms with Gasteiger partial charge >= 0.3 is 0 Å². The third-order valence-corrected chi connectivity index (χ3v) is 4.34. The van der Waals surface area contributed by atoms with Gasteiger partial charge < -0.3 is 10.6 Å². The van der Waals surface area contributed by atoms with E-state index in [1.807, 2.05) is 0 Å². The van der Waals surface area contributed by atoms with E-state index in [-0.39, 0.29) is 0 Å². The van der Waals surface area contributed by atoms with E-state index in [0.29, 0.717) is 5.54 Å². The molecule has 88 valence electrons. The zero-order chi connectivity index (χ0) is 10.7. The SMILES string of the molecule is CCC1CCCCC1NC1(C)CCNC1. The summed E-state index contributed by atoms with van der Waals surface area (Å²) in [7, 11) is 0. The maximum absolute atomic E-state index is 3.93. The molecule has 2 fully saturated rings. The van der Waals surface area contributed by atoms with Crippen LogP contribution in [0.3, 0.4) is 0 Å². The second kappa shape index (κ2) is 4.84. The van der Waals surface area contributed by atoms with Crippen LogP contribution in [0.5, 0.6) is 0 Å². The highest BCUT2D eigenvalue weighted by molar-refractivity contribution is 4.95. The van der Waals surface area contributed by atoms with Crippen LogP contribution in [-0.2, 0) is 0 Å². The minimum absolute atomic E-state index is 0.370. The van der Waals surface area contributed by atoms with Crippen molar-refractivity contribution in [3.05, 3.63) is 0 Å². The zero-order valence-electron chi connectivity index (χ0n) is 10.3. The van der Waals surface area contributed by atoms with Crippen molar-refractivity contribution in [2.45, 2.75) is 64.0 Å². The van der Waals surface area contributed by atoms with Crippen LogP contribution in [0.1, 0.15) is 52.4 Å². The Labute approximate surface area is 94.2 Å². The molecule has 3 atom stereocenters. The molecule has 0 spiro atoms. The standard InChI is InChI=1S/C13H26N2/c1-3-11-6-4-5-7-12(11)15-13(2)8-9-14-10-13/h11-12,14-15H,3-10H2,1-2H3. The number of nitrogens with one attached hydrogen (secondary N) is 2. The summed E-state index contributed by atoms with van der Waals surface area (Å²) in [5.74, 6) is 0.927. The van der Waals surface area contributed by atoms with Crippen molar-refractivity contribution in [3.63, 3.8) is 0 Å². The molecule has 2 N–H and O–H groups in total. The van der Waals surface area contributed by atoms with Gasteiger partial charge in [0.1, 0.15) is 0 Å². The van der Waals surface area contributed by atoms with Gasteiger partial charge in [0.05, 0.1) is 0 Å². The van der Waals surface area contributed by atoms with Gasteiger partial charge in [0.25, 0.3) is 0 Å². The molecule has 1 heterocycles. The Bertz CT molecular complexity index is 197. The van der Waals surface area contributed by atoms with E-state index < -0.39 is 0 Å². The van der Waals surface area contributed by atoms with Crippen LogP contribution < -0.4 is 10.6 Å². The van der Waals surface area contributed by atoms with Crippen molar-refractivity contribution in [1.82, 2.24) is 10.6 Å². The molecule has 2 heteroatoms. The summed E-state index contributed by atoms with van der Waals surface area (Å²) >= 11 is 0. The minimum Gasteiger partial charge on any atom is -0.315 e. The predicted octanol–water partition coefficient (Wildman–Crippen LogP) is 2.30. The van der Waals surface area contributed by atoms with Crippen LogP contribution in [0, 0.1) is 5.92 Å². The van der Waals surface area contributed by atoms with E-state index in [1.165, 1.54) is 45.1 Å². The fourth-order valence-electron chi connectivity index (χ4n) is 3.27. The first-order chi connectivity index (χ1) is 7.23. The summed E-state index contributed by atoms with van der Waals surface area (Å²) in [4.78, 5) is 0. The summed E-state index contributed by atoms with van der Waals surface area (Å²) in [5, 5.41) is 7.41. The molecular formula is C13H26N2. The number of hydrogen-bond acceptors (Lipinski definition) is 2. The lowest BCUT2D eigenvalue weighted by molar-refractivity contribution is 0.205. The molecule has 0 aromatic carbocycles. The van der Waals surface area contributed by atoms with Crippen LogP contribution in [0.15, 0.2) is 0 Å². The van der Waals surface area contributed by atoms with E-state index in [9.17, 15) is 0 Å². The van der Waals surface area contributed by atoms with E-state index in [4.69, 9.17) is 0 Å². The molecule has 1 saturated carbocycles. The second-order valence-electron chi connectivity index (χ2n) is 5.69. The summed E-state index contributed by atoms with van der Waals surface area (Å²) in [6.07, 6.45) is 8.36. The molecule has 2 nitrogen and oxygen atoms in total. The maximum Gasteiger partial charge on any atom is 0.0292 e. The quantitative estimate of drug-likeness (QED) is 0.747. The monoisotopic (exact) mass is 210 g/mol. The first kappa shape index (κ1) is 11.4. The molecule has 0 amide bonds. The van der Waals surface area contributed by atoms with Crippen LogP contribution in [0.2, 0.25) is 0 Å². The average Bonchev–Trinajstić information content (AvgIpc) is 2.66. The zero-order valence-corrected chi connectivity index (χ0v) is 10.3. The van der Waals surface area contributed by atoms with Crippen LogP contribution in [0.25, 0.3) is 0 Å². The third-order valence-electron chi connectivity index (χ3n) is 4.34. The van der Waals surface area contributed by atoms with Gasteiger partial charge in [0.2, 0.25) is 0 Å². The Balaban J connectivity index is 1.90. The topological polar surface area (TPSA) is 24.1 Å². The first-order valence-electron chi connectivity index (χ1n) is 6.72. The molecule has 15 heavy (non-hydrogen) atoms. The number of rotatable bonds is 3. The fraction of sp³-hybridized carbons (Fsp3) is 1.00. The van der Waals surface area contributed by atoms with E-state index in [2.05, 4.69) is 24.5 Å². The van der Waals surface area contributed by atoms with Crippen LogP contribution in [-0.4, -0.2) is 24.7 Å². The molecule has 3 unspecified atom stereocenters. The van der Waals surface area contributed by atoms with E-state index >= 15 is 0 Å². The normalized spacial score (nSPS) is 42.0. The van der Waals surface area contributed by atoms with Gasteiger partial charge in [-0.25, -0.2) is 0 Å². The van der Waals surface area contributed by atoms with E-state index in [1.54, 1.807) is 0 Å². The van der Waals surface area contributed by atoms with Gasteiger partial charge in [-0.2, -0.15) is 0 Å². The molecule has 2 aliphatic rings. The molecule has 0 aromatic rings. The Morgan fingerprint density at radius 1 is 1.33 bits per heavy atom. The minimum atomic E-state index is 0.370. The molecule has 0 bridgehead atoms. The smallest absolute Gasteiger partial charge is 0.0292 e. The van der Waals surface area contributed by atoms with Crippen molar-refractivity contribution < 1.29 is 0 Å². The van der Waals surface area contributed by atoms with Crippen LogP contribution in [0.4, 0.5) is 0 Å². The lowest BCUT2D eigenvalue weighted by Crippen LogP contribution is -2.52. The summed E-state index contributed by atoms with van der Waals surface area (Å²) in [6.45, 7) is 7.07. The Hall–Kier alpha value is -0.0800. The van der Waals surface area contributed by atoms with Crippen molar-refractivity contribution in [2.75, 3.05) is 13.1 Å². The lowest BCUT2D eigenvalue weighted by Gasteiger charge is -2.38. The average molecular weight is 210 g/mol. The van der Waals surface area contributed by atoms with Gasteiger partial charge in [0, 0.05) is 18.1 Å². The van der Waals surface area contributed by atoms with Crippen molar-refractivity contribution in [3.8, 4) is 0 Å². The van der Waals surface area contributed by atoms with Crippen molar-refractivity contribution >= 4 is 0 Å². The molecule has 1 aliphatic carbocycles. The highest BCUT2D eigenvalue weighted by Crippen LogP contribution is 2.29. The molecule has 0 radical (unpaired) electrons. The first-order valence-corrected chi connectivity index (χ1v) is 6.72. The summed E-state index contributed by atoms with van der Waals surface area (Å²) < 4.78 is 0. The van der Waals surface area contributed by atoms with Gasteiger partial charge in [-0.05, 0) is 38.6 Å². The lowest BCUT2D eigenvalue weighted by atomic mass is 9.81. The van der Waals surface area contributed by atoms with Crippen molar-refractivity contribution in [1.29, 1.82) is 0 Å². The summed E-state index contributed by atoms with van der Waals surface area (Å²) in [5.41, 5.74) is 0.370. The predicted molar refractivity (Wildman–Crippen MR) is 65.1 cm³/mol. The van der Waals surface area contributed by atoms with Gasteiger partial charge in [-0.1, -0.05) is 26.2 Å². The Morgan fingerprint density at radius 2 is 2.13 bits per heavy atom. The fourth-order valence-corrected chi connectivity index (χ4v) is 3.27. The molecule has 1 aliphatic heterocycles. The number of hydrogen-bond donors (Lipinski definition) is 2. The Morgan fingerprint density at radius 3 is 2.80 bits per heavy atom. The largest absolute Gasteiger partial charge is 0.315 e. The van der Waals surface area contributed by atoms with Gasteiger partial charge in [-0.3, -0.25) is 0 Å². The summed E-state index contributed by atoms with van der Waals surface area (Å²) in [6, 6.07) is 0.786. The molecule has 1 saturated heterocycles. The third kappa shape index (κ3) is 2.73. The highest BCUT2D eigenvalue weighted by atomic mass is 15.1. The van der Waals surface area contributed by atoms with E-state index in [0.717, 1.165) is 18.5 Å².